The molecule has 9 nitrogen and oxygen atoms in total. The average Bonchev–Trinajstić information content (AvgIpc) is 2.73. The second kappa shape index (κ2) is 8.68. The second-order valence-electron chi connectivity index (χ2n) is 6.91. The maximum atomic E-state index is 12.7. The van der Waals surface area contributed by atoms with Gasteiger partial charge in [-0.3, -0.25) is 4.79 Å². The molecule has 0 bridgehead atoms. The lowest BCUT2D eigenvalue weighted by molar-refractivity contribution is 0.0950. The zero-order chi connectivity index (χ0) is 21.0. The number of pyridine rings is 1. The monoisotopic (exact) mass is 416 g/mol. The summed E-state index contributed by atoms with van der Waals surface area (Å²) in [5, 5.41) is 10.0. The number of hydrogen-bond acceptors (Lipinski definition) is 7. The molecular formula is C19H24N6O3S. The fourth-order valence-electron chi connectivity index (χ4n) is 3.06. The molecule has 29 heavy (non-hydrogen) atoms. The van der Waals surface area contributed by atoms with Gasteiger partial charge in [-0.05, 0) is 36.6 Å². The van der Waals surface area contributed by atoms with Crippen LogP contribution in [0.3, 0.4) is 0 Å². The van der Waals surface area contributed by atoms with Gasteiger partial charge in [0.2, 0.25) is 10.0 Å². The lowest BCUT2D eigenvalue weighted by atomic mass is 10.1. The molecule has 6 N–H and O–H groups in total. The van der Waals surface area contributed by atoms with Crippen LogP contribution >= 0.6 is 0 Å². The van der Waals surface area contributed by atoms with Crippen molar-refractivity contribution in [3.63, 3.8) is 0 Å². The highest BCUT2D eigenvalue weighted by Gasteiger charge is 2.28. The first-order chi connectivity index (χ1) is 13.8. The molecule has 0 saturated carbocycles. The SMILES string of the molecule is N=Cc1cc(C(=O)NCc2ccc(S(=O)(=O)N3CCC(N)CC3)cc2)cnc1N. The van der Waals surface area contributed by atoms with Gasteiger partial charge in [-0.25, -0.2) is 13.4 Å². The molecule has 0 unspecified atom stereocenters. The lowest BCUT2D eigenvalue weighted by Gasteiger charge is -2.29. The van der Waals surface area contributed by atoms with Gasteiger partial charge in [-0.1, -0.05) is 12.1 Å². The van der Waals surface area contributed by atoms with E-state index in [9.17, 15) is 13.2 Å². The molecule has 1 saturated heterocycles. The standard InChI is InChI=1S/C19H24N6O3S/c20-10-14-9-15(12-23-18(14)22)19(26)24-11-13-1-3-17(4-2-13)29(27,28)25-7-5-16(21)6-8-25/h1-4,9-10,12,16,20H,5-8,11,21H2,(H2,22,23)(H,24,26). The van der Waals surface area contributed by atoms with Crippen LogP contribution in [0.15, 0.2) is 41.4 Å². The number of amides is 1. The molecule has 0 aliphatic carbocycles. The number of sulfonamides is 1. The van der Waals surface area contributed by atoms with Gasteiger partial charge in [0.05, 0.1) is 10.5 Å². The molecule has 0 radical (unpaired) electrons. The molecule has 1 aliphatic heterocycles. The number of aromatic nitrogens is 1. The van der Waals surface area contributed by atoms with Crippen molar-refractivity contribution in [3.8, 4) is 0 Å². The molecule has 0 spiro atoms. The zero-order valence-electron chi connectivity index (χ0n) is 15.8. The minimum absolute atomic E-state index is 0.0544. The highest BCUT2D eigenvalue weighted by atomic mass is 32.2. The van der Waals surface area contributed by atoms with E-state index in [2.05, 4.69) is 10.3 Å². The highest BCUT2D eigenvalue weighted by molar-refractivity contribution is 7.89. The first-order valence-corrected chi connectivity index (χ1v) is 10.6. The maximum absolute atomic E-state index is 12.7. The van der Waals surface area contributed by atoms with E-state index in [1.807, 2.05) is 0 Å². The van der Waals surface area contributed by atoms with Crippen LogP contribution in [-0.2, 0) is 16.6 Å². The zero-order valence-corrected chi connectivity index (χ0v) is 16.7. The normalized spacial score (nSPS) is 15.8. The minimum Gasteiger partial charge on any atom is -0.383 e. The van der Waals surface area contributed by atoms with Crippen LogP contribution in [0.4, 0.5) is 5.82 Å². The van der Waals surface area contributed by atoms with Crippen LogP contribution in [0.2, 0.25) is 0 Å². The van der Waals surface area contributed by atoms with Gasteiger partial charge in [0.25, 0.3) is 5.91 Å². The molecule has 1 fully saturated rings. The number of carbonyl (C=O) groups is 1. The number of hydrogen-bond donors (Lipinski definition) is 4. The Hall–Kier alpha value is -2.82. The van der Waals surface area contributed by atoms with Crippen LogP contribution in [0.1, 0.15) is 34.3 Å². The third-order valence-corrected chi connectivity index (χ3v) is 6.79. The van der Waals surface area contributed by atoms with Crippen molar-refractivity contribution < 1.29 is 13.2 Å². The largest absolute Gasteiger partial charge is 0.383 e. The number of nitrogen functional groups attached to an aromatic ring is 1. The minimum atomic E-state index is -3.54. The predicted molar refractivity (Wildman–Crippen MR) is 110 cm³/mol. The van der Waals surface area contributed by atoms with Crippen LogP contribution in [0.25, 0.3) is 0 Å². The molecule has 1 aliphatic rings. The summed E-state index contributed by atoms with van der Waals surface area (Å²) in [7, 11) is -3.54. The number of nitrogens with one attached hydrogen (secondary N) is 2. The summed E-state index contributed by atoms with van der Waals surface area (Å²) in [6.45, 7) is 1.07. The van der Waals surface area contributed by atoms with Crippen molar-refractivity contribution in [2.45, 2.75) is 30.3 Å². The third-order valence-electron chi connectivity index (χ3n) is 4.88. The van der Waals surface area contributed by atoms with E-state index >= 15 is 0 Å². The van der Waals surface area contributed by atoms with Gasteiger partial charge >= 0.3 is 0 Å². The van der Waals surface area contributed by atoms with Gasteiger partial charge in [0.1, 0.15) is 5.82 Å². The van der Waals surface area contributed by atoms with E-state index in [0.717, 1.165) is 11.8 Å². The summed E-state index contributed by atoms with van der Waals surface area (Å²) in [6.07, 6.45) is 3.69. The Kier molecular flexibility index (Phi) is 6.26. The average molecular weight is 417 g/mol. The Labute approximate surface area is 169 Å². The van der Waals surface area contributed by atoms with Gasteiger partial charge < -0.3 is 22.2 Å². The van der Waals surface area contributed by atoms with E-state index in [-0.39, 0.29) is 29.2 Å². The Bertz CT molecular complexity index is 999. The van der Waals surface area contributed by atoms with Crippen molar-refractivity contribution in [1.29, 1.82) is 5.41 Å². The molecular weight excluding hydrogens is 392 g/mol. The van der Waals surface area contributed by atoms with E-state index < -0.39 is 10.0 Å². The second-order valence-corrected chi connectivity index (χ2v) is 8.85. The van der Waals surface area contributed by atoms with Gasteiger partial charge in [-0.2, -0.15) is 4.31 Å². The number of nitrogens with two attached hydrogens (primary N) is 2. The smallest absolute Gasteiger partial charge is 0.253 e. The molecule has 0 atom stereocenters. The fraction of sp³-hybridized carbons (Fsp3) is 0.316. The van der Waals surface area contributed by atoms with Gasteiger partial charge in [-0.15, -0.1) is 0 Å². The Morgan fingerprint density at radius 1 is 1.28 bits per heavy atom. The first-order valence-electron chi connectivity index (χ1n) is 9.20. The van der Waals surface area contributed by atoms with E-state index in [1.54, 1.807) is 24.3 Å². The van der Waals surface area contributed by atoms with Crippen LogP contribution < -0.4 is 16.8 Å². The number of nitrogens with zero attached hydrogens (tertiary/aromatic N) is 2. The number of carbonyl (C=O) groups excluding carboxylic acids is 1. The van der Waals surface area contributed by atoms with Crippen molar-refractivity contribution >= 4 is 28.0 Å². The lowest BCUT2D eigenvalue weighted by Crippen LogP contribution is -2.42. The van der Waals surface area contributed by atoms with Crippen molar-refractivity contribution in [1.82, 2.24) is 14.6 Å². The summed E-state index contributed by atoms with van der Waals surface area (Å²) in [5.41, 5.74) is 12.9. The highest BCUT2D eigenvalue weighted by Crippen LogP contribution is 2.20. The predicted octanol–water partition coefficient (Wildman–Crippen LogP) is 0.703. The Morgan fingerprint density at radius 2 is 1.93 bits per heavy atom. The van der Waals surface area contributed by atoms with E-state index in [1.165, 1.54) is 16.6 Å². The molecule has 1 aromatic heterocycles. The first kappa shape index (κ1) is 20.9. The Balaban J connectivity index is 1.63. The number of rotatable bonds is 6. The number of piperidine rings is 1. The summed E-state index contributed by atoms with van der Waals surface area (Å²) < 4.78 is 26.9. The quantitative estimate of drug-likeness (QED) is 0.508. The molecule has 2 aromatic rings. The molecule has 3 rings (SSSR count). The maximum Gasteiger partial charge on any atom is 0.253 e. The van der Waals surface area contributed by atoms with Crippen molar-refractivity contribution in [2.24, 2.45) is 5.73 Å². The van der Waals surface area contributed by atoms with Crippen LogP contribution in [0, 0.1) is 5.41 Å². The number of anilines is 1. The van der Waals surface area contributed by atoms with Gasteiger partial charge in [0.15, 0.2) is 0 Å². The van der Waals surface area contributed by atoms with Crippen molar-refractivity contribution in [3.05, 3.63) is 53.2 Å². The van der Waals surface area contributed by atoms with Gasteiger partial charge in [0, 0.05) is 43.7 Å². The topological polar surface area (TPSA) is 155 Å². The number of benzene rings is 1. The summed E-state index contributed by atoms with van der Waals surface area (Å²) in [5.74, 6) is -0.175. The molecule has 10 heteroatoms. The van der Waals surface area contributed by atoms with Crippen LogP contribution in [-0.4, -0.2) is 49.0 Å². The van der Waals surface area contributed by atoms with E-state index in [4.69, 9.17) is 16.9 Å². The molecule has 154 valence electrons. The van der Waals surface area contributed by atoms with Crippen LogP contribution in [0.5, 0.6) is 0 Å². The molecule has 1 aromatic carbocycles. The van der Waals surface area contributed by atoms with Crippen molar-refractivity contribution in [2.75, 3.05) is 18.8 Å². The summed E-state index contributed by atoms with van der Waals surface area (Å²) in [4.78, 5) is 16.4. The molecule has 1 amide bonds. The summed E-state index contributed by atoms with van der Waals surface area (Å²) >= 11 is 0. The molecule has 2 heterocycles. The summed E-state index contributed by atoms with van der Waals surface area (Å²) in [6, 6.07) is 7.98. The fourth-order valence-corrected chi connectivity index (χ4v) is 4.53. The third kappa shape index (κ3) is 4.78. The Morgan fingerprint density at radius 3 is 2.55 bits per heavy atom. The van der Waals surface area contributed by atoms with E-state index in [0.29, 0.717) is 37.1 Å².